The van der Waals surface area contributed by atoms with Gasteiger partial charge in [0.05, 0.1) is 11.9 Å². The highest BCUT2D eigenvalue weighted by atomic mass is 32.2. The molecule has 1 fully saturated rings. The van der Waals surface area contributed by atoms with Crippen molar-refractivity contribution < 1.29 is 13.5 Å². The Bertz CT molecular complexity index is 336. The molecular formula is C13H28N2O3S. The fourth-order valence-corrected chi connectivity index (χ4v) is 3.18. The van der Waals surface area contributed by atoms with Crippen LogP contribution in [0.3, 0.4) is 0 Å². The summed E-state index contributed by atoms with van der Waals surface area (Å²) in [6, 6.07) is 0. The molecule has 1 rings (SSSR count). The maximum Gasteiger partial charge on any atom is 0.147 e. The third-order valence-electron chi connectivity index (χ3n) is 3.53. The molecule has 0 aromatic carbocycles. The fraction of sp³-hybridized carbons (Fsp3) is 1.00. The molecule has 1 heterocycles. The van der Waals surface area contributed by atoms with Gasteiger partial charge in [0.15, 0.2) is 0 Å². The minimum absolute atomic E-state index is 0.245. The van der Waals surface area contributed by atoms with Gasteiger partial charge in [-0.2, -0.15) is 0 Å². The van der Waals surface area contributed by atoms with E-state index in [-0.39, 0.29) is 11.9 Å². The third kappa shape index (κ3) is 8.57. The predicted molar refractivity (Wildman–Crippen MR) is 78.0 cm³/mol. The van der Waals surface area contributed by atoms with Crippen LogP contribution in [0.5, 0.6) is 0 Å². The van der Waals surface area contributed by atoms with E-state index in [0.29, 0.717) is 12.3 Å². The van der Waals surface area contributed by atoms with Crippen LogP contribution >= 0.6 is 0 Å². The lowest BCUT2D eigenvalue weighted by atomic mass is 9.96. The minimum Gasteiger partial charge on any atom is -0.392 e. The molecule has 0 aromatic heterocycles. The van der Waals surface area contributed by atoms with Gasteiger partial charge < -0.3 is 15.3 Å². The number of nitrogens with one attached hydrogen (secondary N) is 1. The lowest BCUT2D eigenvalue weighted by Gasteiger charge is -2.32. The molecule has 0 saturated carbocycles. The molecule has 0 bridgehead atoms. The van der Waals surface area contributed by atoms with Gasteiger partial charge in [-0.1, -0.05) is 0 Å². The Kier molecular flexibility index (Phi) is 7.28. The molecule has 0 aromatic rings. The number of nitrogens with zero attached hydrogens (tertiary/aromatic N) is 1. The van der Waals surface area contributed by atoms with E-state index in [1.165, 1.54) is 6.26 Å². The Morgan fingerprint density at radius 2 is 2.00 bits per heavy atom. The van der Waals surface area contributed by atoms with E-state index in [1.807, 2.05) is 6.92 Å². The second-order valence-electron chi connectivity index (χ2n) is 5.78. The monoisotopic (exact) mass is 292 g/mol. The molecule has 114 valence electrons. The first-order valence-electron chi connectivity index (χ1n) is 7.15. The molecule has 1 atom stereocenters. The molecule has 1 aliphatic rings. The molecule has 1 saturated heterocycles. The first-order chi connectivity index (χ1) is 8.87. The first kappa shape index (κ1) is 16.9. The molecule has 0 amide bonds. The molecule has 0 unspecified atom stereocenters. The molecule has 6 heteroatoms. The maximum atomic E-state index is 11.0. The van der Waals surface area contributed by atoms with Crippen molar-refractivity contribution in [2.24, 2.45) is 5.92 Å². The SMILES string of the molecule is C[C@@H](O)CN1CCC(CNCCCS(C)(=O)=O)CC1. The van der Waals surface area contributed by atoms with Crippen LogP contribution in [-0.4, -0.2) is 69.3 Å². The third-order valence-corrected chi connectivity index (χ3v) is 4.56. The molecule has 0 radical (unpaired) electrons. The number of likely N-dealkylation sites (tertiary alicyclic amines) is 1. The Morgan fingerprint density at radius 3 is 2.53 bits per heavy atom. The molecule has 2 N–H and O–H groups in total. The normalized spacial score (nSPS) is 20.6. The number of hydrogen-bond acceptors (Lipinski definition) is 5. The highest BCUT2D eigenvalue weighted by Crippen LogP contribution is 2.16. The fourth-order valence-electron chi connectivity index (χ4n) is 2.51. The molecule has 1 aliphatic heterocycles. The number of hydrogen-bond donors (Lipinski definition) is 2. The van der Waals surface area contributed by atoms with Crippen LogP contribution < -0.4 is 5.32 Å². The van der Waals surface area contributed by atoms with E-state index >= 15 is 0 Å². The summed E-state index contributed by atoms with van der Waals surface area (Å²) in [6.07, 6.45) is 4.05. The summed E-state index contributed by atoms with van der Waals surface area (Å²) < 4.78 is 21.9. The van der Waals surface area contributed by atoms with Crippen molar-refractivity contribution in [3.05, 3.63) is 0 Å². The van der Waals surface area contributed by atoms with Gasteiger partial charge in [-0.05, 0) is 58.3 Å². The molecule has 19 heavy (non-hydrogen) atoms. The zero-order valence-corrected chi connectivity index (χ0v) is 13.0. The van der Waals surface area contributed by atoms with E-state index in [2.05, 4.69) is 10.2 Å². The van der Waals surface area contributed by atoms with Crippen LogP contribution in [0.4, 0.5) is 0 Å². The standard InChI is InChI=1S/C13H28N2O3S/c1-12(16)11-15-7-4-13(5-8-15)10-14-6-3-9-19(2,17)18/h12-14,16H,3-11H2,1-2H3/t12-/m1/s1. The molecule has 5 nitrogen and oxygen atoms in total. The average molecular weight is 292 g/mol. The van der Waals surface area contributed by atoms with Gasteiger partial charge >= 0.3 is 0 Å². The number of aliphatic hydroxyl groups excluding tert-OH is 1. The second kappa shape index (κ2) is 8.19. The van der Waals surface area contributed by atoms with E-state index in [1.54, 1.807) is 0 Å². The van der Waals surface area contributed by atoms with Crippen molar-refractivity contribution in [3.63, 3.8) is 0 Å². The van der Waals surface area contributed by atoms with Crippen LogP contribution in [0.1, 0.15) is 26.2 Å². The van der Waals surface area contributed by atoms with Crippen LogP contribution in [0.15, 0.2) is 0 Å². The number of rotatable bonds is 8. The Hall–Kier alpha value is -0.170. The first-order valence-corrected chi connectivity index (χ1v) is 9.22. The minimum atomic E-state index is -2.82. The number of β-amino-alcohol motifs (C(OH)–C–C–N with tert-alkyl or cyclic N) is 1. The van der Waals surface area contributed by atoms with Crippen molar-refractivity contribution in [1.29, 1.82) is 0 Å². The van der Waals surface area contributed by atoms with Gasteiger partial charge in [-0.15, -0.1) is 0 Å². The van der Waals surface area contributed by atoms with Crippen molar-refractivity contribution in [1.82, 2.24) is 10.2 Å². The Morgan fingerprint density at radius 1 is 1.37 bits per heavy atom. The summed E-state index contributed by atoms with van der Waals surface area (Å²) in [6.45, 7) is 6.47. The second-order valence-corrected chi connectivity index (χ2v) is 8.04. The maximum absolute atomic E-state index is 11.0. The van der Waals surface area contributed by atoms with Crippen LogP contribution in [0.25, 0.3) is 0 Å². The van der Waals surface area contributed by atoms with Gasteiger partial charge in [0.1, 0.15) is 9.84 Å². The van der Waals surface area contributed by atoms with Crippen LogP contribution in [-0.2, 0) is 9.84 Å². The van der Waals surface area contributed by atoms with Gasteiger partial charge in [0.25, 0.3) is 0 Å². The summed E-state index contributed by atoms with van der Waals surface area (Å²) in [5, 5.41) is 12.7. The number of piperidine rings is 1. The summed E-state index contributed by atoms with van der Waals surface area (Å²) in [4.78, 5) is 2.31. The largest absolute Gasteiger partial charge is 0.392 e. The Labute approximate surface area is 117 Å². The van der Waals surface area contributed by atoms with E-state index in [9.17, 15) is 13.5 Å². The van der Waals surface area contributed by atoms with Crippen LogP contribution in [0.2, 0.25) is 0 Å². The summed E-state index contributed by atoms with van der Waals surface area (Å²) in [5.41, 5.74) is 0. The van der Waals surface area contributed by atoms with Crippen molar-refractivity contribution in [3.8, 4) is 0 Å². The smallest absolute Gasteiger partial charge is 0.147 e. The summed E-state index contributed by atoms with van der Waals surface area (Å²) in [5.74, 6) is 0.954. The van der Waals surface area contributed by atoms with E-state index < -0.39 is 9.84 Å². The summed E-state index contributed by atoms with van der Waals surface area (Å²) >= 11 is 0. The van der Waals surface area contributed by atoms with Gasteiger partial charge in [0.2, 0.25) is 0 Å². The van der Waals surface area contributed by atoms with E-state index in [4.69, 9.17) is 0 Å². The topological polar surface area (TPSA) is 69.6 Å². The van der Waals surface area contributed by atoms with Crippen molar-refractivity contribution >= 4 is 9.84 Å². The van der Waals surface area contributed by atoms with Crippen molar-refractivity contribution in [2.75, 3.05) is 44.7 Å². The van der Waals surface area contributed by atoms with Crippen LogP contribution in [0, 0.1) is 5.92 Å². The highest BCUT2D eigenvalue weighted by molar-refractivity contribution is 7.90. The number of aliphatic hydroxyl groups is 1. The zero-order chi connectivity index (χ0) is 14.3. The predicted octanol–water partition coefficient (Wildman–Crippen LogP) is 0.104. The van der Waals surface area contributed by atoms with E-state index in [0.717, 1.165) is 45.6 Å². The molecule has 0 spiro atoms. The Balaban J connectivity index is 2.03. The molecule has 0 aliphatic carbocycles. The lowest BCUT2D eigenvalue weighted by molar-refractivity contribution is 0.0999. The number of sulfone groups is 1. The summed E-state index contributed by atoms with van der Waals surface area (Å²) in [7, 11) is -2.82. The quantitative estimate of drug-likeness (QED) is 0.621. The van der Waals surface area contributed by atoms with Crippen molar-refractivity contribution in [2.45, 2.75) is 32.3 Å². The van der Waals surface area contributed by atoms with Gasteiger partial charge in [-0.3, -0.25) is 0 Å². The average Bonchev–Trinajstić information content (AvgIpc) is 2.28. The lowest BCUT2D eigenvalue weighted by Crippen LogP contribution is -2.40. The molecular weight excluding hydrogens is 264 g/mol. The zero-order valence-electron chi connectivity index (χ0n) is 12.1. The van der Waals surface area contributed by atoms with Gasteiger partial charge in [-0.25, -0.2) is 8.42 Å². The highest BCUT2D eigenvalue weighted by Gasteiger charge is 2.19. The van der Waals surface area contributed by atoms with Gasteiger partial charge in [0, 0.05) is 12.8 Å².